The summed E-state index contributed by atoms with van der Waals surface area (Å²) in [5.41, 5.74) is 4.57. The van der Waals surface area contributed by atoms with E-state index in [2.05, 4.69) is 11.4 Å². The molecule has 154 valence electrons. The zero-order valence-corrected chi connectivity index (χ0v) is 17.7. The molecule has 4 rings (SSSR count). The molecule has 1 unspecified atom stereocenters. The number of carbonyl (C=O) groups excluding carboxylic acids is 1. The second-order valence-electron chi connectivity index (χ2n) is 7.17. The molecule has 2 N–H and O–H groups in total. The summed E-state index contributed by atoms with van der Waals surface area (Å²) in [6, 6.07) is 19.1. The van der Waals surface area contributed by atoms with Crippen LogP contribution in [-0.4, -0.2) is 30.8 Å². The Hall–Kier alpha value is -2.53. The molecule has 0 aromatic heterocycles. The van der Waals surface area contributed by atoms with E-state index in [1.807, 2.05) is 42.5 Å². The van der Waals surface area contributed by atoms with Gasteiger partial charge in [-0.2, -0.15) is 0 Å². The second-order valence-corrected chi connectivity index (χ2v) is 8.01. The van der Waals surface area contributed by atoms with Gasteiger partial charge in [-0.05, 0) is 59.5 Å². The van der Waals surface area contributed by atoms with Crippen LogP contribution in [0.25, 0.3) is 11.1 Å². The van der Waals surface area contributed by atoms with E-state index in [-0.39, 0.29) is 25.0 Å². The average molecular weight is 442 g/mol. The van der Waals surface area contributed by atoms with Gasteiger partial charge in [0, 0.05) is 33.6 Å². The minimum absolute atomic E-state index is 0.0924. The van der Waals surface area contributed by atoms with E-state index in [1.54, 1.807) is 12.1 Å². The highest BCUT2D eigenvalue weighted by Crippen LogP contribution is 2.42. The third-order valence-electron chi connectivity index (χ3n) is 5.24. The van der Waals surface area contributed by atoms with Gasteiger partial charge in [0.1, 0.15) is 5.75 Å². The van der Waals surface area contributed by atoms with Crippen LogP contribution in [0.4, 0.5) is 0 Å². The zero-order valence-electron chi connectivity index (χ0n) is 16.2. The van der Waals surface area contributed by atoms with Crippen molar-refractivity contribution in [2.45, 2.75) is 12.3 Å². The molecule has 0 aliphatic carbocycles. The topological polar surface area (TPSA) is 58.6 Å². The van der Waals surface area contributed by atoms with Crippen molar-refractivity contribution in [2.75, 3.05) is 19.8 Å². The number of amides is 1. The number of hydrogen-bond donors (Lipinski definition) is 2. The van der Waals surface area contributed by atoms with E-state index in [1.165, 1.54) is 0 Å². The molecule has 1 aliphatic rings. The lowest BCUT2D eigenvalue weighted by atomic mass is 9.85. The number of rotatable bonds is 5. The second kappa shape index (κ2) is 9.09. The van der Waals surface area contributed by atoms with Crippen LogP contribution in [0.15, 0.2) is 60.7 Å². The van der Waals surface area contributed by atoms with Crippen LogP contribution < -0.4 is 10.1 Å². The maximum atomic E-state index is 12.3. The van der Waals surface area contributed by atoms with Gasteiger partial charge < -0.3 is 15.2 Å². The number of hydrogen-bond acceptors (Lipinski definition) is 3. The van der Waals surface area contributed by atoms with Gasteiger partial charge in [-0.3, -0.25) is 4.79 Å². The Labute approximate surface area is 185 Å². The normalized spacial score (nSPS) is 15.2. The van der Waals surface area contributed by atoms with E-state index >= 15 is 0 Å². The fraction of sp³-hybridized carbons (Fsp3) is 0.208. The first-order valence-corrected chi connectivity index (χ1v) is 10.5. The van der Waals surface area contributed by atoms with Crippen LogP contribution in [0, 0.1) is 0 Å². The van der Waals surface area contributed by atoms with Crippen LogP contribution in [0.5, 0.6) is 5.75 Å². The van der Waals surface area contributed by atoms with Crippen LogP contribution >= 0.6 is 23.2 Å². The van der Waals surface area contributed by atoms with Crippen molar-refractivity contribution < 1.29 is 14.6 Å². The van der Waals surface area contributed by atoms with Gasteiger partial charge in [0.05, 0.1) is 13.2 Å². The molecule has 4 nitrogen and oxygen atoms in total. The van der Waals surface area contributed by atoms with E-state index in [4.69, 9.17) is 33.0 Å². The predicted octanol–water partition coefficient (Wildman–Crippen LogP) is 5.30. The smallest absolute Gasteiger partial charge is 0.251 e. The average Bonchev–Trinajstić information content (AvgIpc) is 2.77. The quantitative estimate of drug-likeness (QED) is 0.564. The van der Waals surface area contributed by atoms with Gasteiger partial charge in [0.2, 0.25) is 0 Å². The van der Waals surface area contributed by atoms with E-state index in [0.29, 0.717) is 22.2 Å². The molecule has 3 aromatic carbocycles. The molecular weight excluding hydrogens is 421 g/mol. The Morgan fingerprint density at radius 2 is 1.87 bits per heavy atom. The summed E-state index contributed by atoms with van der Waals surface area (Å²) >= 11 is 12.6. The third kappa shape index (κ3) is 4.31. The van der Waals surface area contributed by atoms with Crippen molar-refractivity contribution >= 4 is 29.1 Å². The fourth-order valence-corrected chi connectivity index (χ4v) is 4.33. The van der Waals surface area contributed by atoms with Gasteiger partial charge in [-0.15, -0.1) is 0 Å². The van der Waals surface area contributed by atoms with E-state index < -0.39 is 0 Å². The SMILES string of the molecule is O=C(NCCO)c1cccc(-c2ccc3c(c2)C(c2ccc(Cl)cc2Cl)CCO3)c1. The molecule has 1 aliphatic heterocycles. The first kappa shape index (κ1) is 20.7. The van der Waals surface area contributed by atoms with Crippen molar-refractivity contribution in [3.05, 3.63) is 87.4 Å². The maximum absolute atomic E-state index is 12.3. The molecule has 6 heteroatoms. The lowest BCUT2D eigenvalue weighted by Crippen LogP contribution is -2.26. The Morgan fingerprint density at radius 3 is 2.67 bits per heavy atom. The number of nitrogens with one attached hydrogen (secondary N) is 1. The van der Waals surface area contributed by atoms with Gasteiger partial charge in [-0.1, -0.05) is 47.5 Å². The fourth-order valence-electron chi connectivity index (χ4n) is 3.79. The molecule has 0 fully saturated rings. The van der Waals surface area contributed by atoms with Gasteiger partial charge in [0.15, 0.2) is 0 Å². The summed E-state index contributed by atoms with van der Waals surface area (Å²) in [6.45, 7) is 0.754. The molecular formula is C24H21Cl2NO3. The minimum atomic E-state index is -0.210. The first-order chi connectivity index (χ1) is 14.6. The van der Waals surface area contributed by atoms with Crippen molar-refractivity contribution in [1.82, 2.24) is 5.32 Å². The van der Waals surface area contributed by atoms with Crippen LogP contribution in [0.1, 0.15) is 33.8 Å². The summed E-state index contributed by atoms with van der Waals surface area (Å²) in [4.78, 5) is 12.3. The molecule has 0 radical (unpaired) electrons. The van der Waals surface area contributed by atoms with Crippen molar-refractivity contribution in [3.8, 4) is 16.9 Å². The molecule has 1 amide bonds. The number of halogens is 2. The number of fused-ring (bicyclic) bond motifs is 1. The van der Waals surface area contributed by atoms with Crippen LogP contribution in [0.2, 0.25) is 10.0 Å². The molecule has 0 saturated carbocycles. The number of aliphatic hydroxyl groups is 1. The number of carbonyl (C=O) groups is 1. The maximum Gasteiger partial charge on any atom is 0.251 e. The van der Waals surface area contributed by atoms with Crippen LogP contribution in [0.3, 0.4) is 0 Å². The molecule has 1 heterocycles. The first-order valence-electron chi connectivity index (χ1n) is 9.78. The molecule has 0 saturated heterocycles. The predicted molar refractivity (Wildman–Crippen MR) is 120 cm³/mol. The van der Waals surface area contributed by atoms with E-state index in [0.717, 1.165) is 34.4 Å². The standard InChI is InChI=1S/C24H21Cl2NO3/c25-18-5-6-20(22(26)14-18)19-8-11-30-23-7-4-16(13-21(19)23)15-2-1-3-17(12-15)24(29)27-9-10-28/h1-7,12-14,19,28H,8-11H2,(H,27,29). The van der Waals surface area contributed by atoms with Crippen molar-refractivity contribution in [3.63, 3.8) is 0 Å². The number of aliphatic hydroxyl groups excluding tert-OH is 1. The highest BCUT2D eigenvalue weighted by Gasteiger charge is 2.25. The lowest BCUT2D eigenvalue weighted by Gasteiger charge is -2.27. The van der Waals surface area contributed by atoms with Gasteiger partial charge in [-0.25, -0.2) is 0 Å². The Morgan fingerprint density at radius 1 is 1.03 bits per heavy atom. The lowest BCUT2D eigenvalue weighted by molar-refractivity contribution is 0.0945. The monoisotopic (exact) mass is 441 g/mol. The Kier molecular flexibility index (Phi) is 6.28. The Bertz CT molecular complexity index is 1080. The summed E-state index contributed by atoms with van der Waals surface area (Å²) in [5.74, 6) is 0.741. The molecule has 0 spiro atoms. The highest BCUT2D eigenvalue weighted by molar-refractivity contribution is 6.35. The molecule has 0 bridgehead atoms. The summed E-state index contributed by atoms with van der Waals surface area (Å²) < 4.78 is 5.88. The van der Waals surface area contributed by atoms with Crippen molar-refractivity contribution in [2.24, 2.45) is 0 Å². The molecule has 30 heavy (non-hydrogen) atoms. The summed E-state index contributed by atoms with van der Waals surface area (Å²) in [7, 11) is 0. The van der Waals surface area contributed by atoms with Gasteiger partial charge in [0.25, 0.3) is 5.91 Å². The zero-order chi connectivity index (χ0) is 21.1. The highest BCUT2D eigenvalue weighted by atomic mass is 35.5. The Balaban J connectivity index is 1.70. The van der Waals surface area contributed by atoms with E-state index in [9.17, 15) is 4.79 Å². The van der Waals surface area contributed by atoms with Crippen molar-refractivity contribution in [1.29, 1.82) is 0 Å². The molecule has 3 aromatic rings. The summed E-state index contributed by atoms with van der Waals surface area (Å²) in [6.07, 6.45) is 0.821. The number of benzene rings is 3. The number of ether oxygens (including phenoxy) is 1. The largest absolute Gasteiger partial charge is 0.493 e. The molecule has 1 atom stereocenters. The third-order valence-corrected chi connectivity index (χ3v) is 5.81. The summed E-state index contributed by atoms with van der Waals surface area (Å²) in [5, 5.41) is 12.9. The van der Waals surface area contributed by atoms with Gasteiger partial charge >= 0.3 is 0 Å². The minimum Gasteiger partial charge on any atom is -0.493 e. The van der Waals surface area contributed by atoms with Crippen LogP contribution in [-0.2, 0) is 0 Å².